The molecule has 0 aromatic heterocycles. The second-order valence-electron chi connectivity index (χ2n) is 7.86. The number of hydrogen-bond acceptors (Lipinski definition) is 2. The lowest BCUT2D eigenvalue weighted by Crippen LogP contribution is -2.35. The van der Waals surface area contributed by atoms with Crippen molar-refractivity contribution >= 4 is 40.7 Å². The van der Waals surface area contributed by atoms with Gasteiger partial charge in [-0.05, 0) is 42.2 Å². The molecule has 0 heterocycles. The Kier molecular flexibility index (Phi) is 7.90. The fourth-order valence-electron chi connectivity index (χ4n) is 2.77. The number of nitrogens with one attached hydrogen (secondary N) is 1. The van der Waals surface area contributed by atoms with Crippen LogP contribution in [0, 0.1) is 5.41 Å². The van der Waals surface area contributed by atoms with E-state index in [0.29, 0.717) is 41.5 Å². The van der Waals surface area contributed by atoms with Gasteiger partial charge in [0.2, 0.25) is 5.91 Å². The van der Waals surface area contributed by atoms with E-state index in [1.54, 1.807) is 23.1 Å². The van der Waals surface area contributed by atoms with Crippen molar-refractivity contribution in [3.8, 4) is 0 Å². The lowest BCUT2D eigenvalue weighted by molar-refractivity contribution is -0.122. The first kappa shape index (κ1) is 22.3. The summed E-state index contributed by atoms with van der Waals surface area (Å²) >= 11 is 12.2. The van der Waals surface area contributed by atoms with Crippen molar-refractivity contribution in [1.29, 1.82) is 0 Å². The Morgan fingerprint density at radius 3 is 2.32 bits per heavy atom. The number of amides is 2. The van der Waals surface area contributed by atoms with E-state index < -0.39 is 0 Å². The number of nitrogens with zero attached hydrogens (tertiary/aromatic N) is 1. The van der Waals surface area contributed by atoms with Gasteiger partial charge in [0.05, 0.1) is 10.6 Å². The van der Waals surface area contributed by atoms with E-state index in [-0.39, 0.29) is 17.2 Å². The summed E-state index contributed by atoms with van der Waals surface area (Å²) in [6.45, 7) is 7.03. The molecule has 2 aromatic carbocycles. The van der Waals surface area contributed by atoms with Crippen LogP contribution in [0.5, 0.6) is 0 Å². The molecule has 2 rings (SSSR count). The van der Waals surface area contributed by atoms with E-state index in [2.05, 4.69) is 5.32 Å². The largest absolute Gasteiger partial charge is 0.356 e. The number of halogens is 2. The number of para-hydroxylation sites is 1. The van der Waals surface area contributed by atoms with E-state index in [4.69, 9.17) is 23.2 Å². The highest BCUT2D eigenvalue weighted by Gasteiger charge is 2.20. The molecular formula is C22H26Cl2N2O2. The SMILES string of the molecule is CC(C)(C)CC(=O)NCCCN(C(=O)c1ccc(Cl)cc1Cl)c1ccccc1. The van der Waals surface area contributed by atoms with Crippen molar-refractivity contribution in [3.63, 3.8) is 0 Å². The zero-order valence-electron chi connectivity index (χ0n) is 16.5. The van der Waals surface area contributed by atoms with Crippen molar-refractivity contribution in [2.24, 2.45) is 5.41 Å². The summed E-state index contributed by atoms with van der Waals surface area (Å²) in [7, 11) is 0. The summed E-state index contributed by atoms with van der Waals surface area (Å²) in [6, 6.07) is 14.2. The molecule has 0 saturated heterocycles. The van der Waals surface area contributed by atoms with Crippen LogP contribution in [-0.2, 0) is 4.79 Å². The van der Waals surface area contributed by atoms with Gasteiger partial charge < -0.3 is 10.2 Å². The maximum absolute atomic E-state index is 13.1. The fourth-order valence-corrected chi connectivity index (χ4v) is 3.26. The number of carbonyl (C=O) groups is 2. The Hall–Kier alpha value is -2.04. The smallest absolute Gasteiger partial charge is 0.259 e. The Morgan fingerprint density at radius 2 is 1.71 bits per heavy atom. The molecule has 0 aliphatic carbocycles. The van der Waals surface area contributed by atoms with Crippen LogP contribution in [0.1, 0.15) is 44.0 Å². The lowest BCUT2D eigenvalue weighted by atomic mass is 9.92. The monoisotopic (exact) mass is 420 g/mol. The molecule has 2 amide bonds. The van der Waals surface area contributed by atoms with Crippen LogP contribution < -0.4 is 10.2 Å². The molecule has 6 heteroatoms. The van der Waals surface area contributed by atoms with Crippen LogP contribution in [0.4, 0.5) is 5.69 Å². The van der Waals surface area contributed by atoms with Crippen LogP contribution in [0.15, 0.2) is 48.5 Å². The Morgan fingerprint density at radius 1 is 1.04 bits per heavy atom. The molecule has 0 spiro atoms. The maximum Gasteiger partial charge on any atom is 0.259 e. The third-order valence-corrected chi connectivity index (χ3v) is 4.59. The summed E-state index contributed by atoms with van der Waals surface area (Å²) in [6.07, 6.45) is 1.09. The molecule has 4 nitrogen and oxygen atoms in total. The third-order valence-electron chi connectivity index (χ3n) is 4.05. The summed E-state index contributed by atoms with van der Waals surface area (Å²) < 4.78 is 0. The topological polar surface area (TPSA) is 49.4 Å². The van der Waals surface area contributed by atoms with E-state index in [0.717, 1.165) is 5.69 Å². The molecule has 0 unspecified atom stereocenters. The standard InChI is InChI=1S/C22H26Cl2N2O2/c1-22(2,3)15-20(27)25-12-7-13-26(17-8-5-4-6-9-17)21(28)18-11-10-16(23)14-19(18)24/h4-6,8-11,14H,7,12-13,15H2,1-3H3,(H,25,27). The quantitative estimate of drug-likeness (QED) is 0.593. The van der Waals surface area contributed by atoms with E-state index in [1.165, 1.54) is 0 Å². The number of hydrogen-bond donors (Lipinski definition) is 1. The first-order chi connectivity index (χ1) is 13.2. The molecule has 0 aliphatic rings. The number of benzene rings is 2. The van der Waals surface area contributed by atoms with Gasteiger partial charge in [0.15, 0.2) is 0 Å². The first-order valence-electron chi connectivity index (χ1n) is 9.26. The van der Waals surface area contributed by atoms with Crippen molar-refractivity contribution < 1.29 is 9.59 Å². The van der Waals surface area contributed by atoms with Gasteiger partial charge in [-0.1, -0.05) is 62.2 Å². The van der Waals surface area contributed by atoms with Crippen molar-refractivity contribution in [3.05, 3.63) is 64.1 Å². The molecule has 28 heavy (non-hydrogen) atoms. The molecular weight excluding hydrogens is 395 g/mol. The molecule has 1 N–H and O–H groups in total. The van der Waals surface area contributed by atoms with Gasteiger partial charge in [-0.3, -0.25) is 9.59 Å². The average Bonchev–Trinajstić information content (AvgIpc) is 2.60. The number of rotatable bonds is 7. The maximum atomic E-state index is 13.1. The van der Waals surface area contributed by atoms with E-state index >= 15 is 0 Å². The minimum Gasteiger partial charge on any atom is -0.356 e. The molecule has 0 radical (unpaired) electrons. The predicted molar refractivity (Wildman–Crippen MR) is 116 cm³/mol. The highest BCUT2D eigenvalue weighted by molar-refractivity contribution is 6.37. The van der Waals surface area contributed by atoms with Gasteiger partial charge >= 0.3 is 0 Å². The van der Waals surface area contributed by atoms with Gasteiger partial charge in [-0.2, -0.15) is 0 Å². The van der Waals surface area contributed by atoms with Crippen LogP contribution in [0.25, 0.3) is 0 Å². The Balaban J connectivity index is 2.07. The van der Waals surface area contributed by atoms with E-state index in [1.807, 2.05) is 51.1 Å². The Labute approximate surface area is 176 Å². The molecule has 0 atom stereocenters. The molecule has 0 aliphatic heterocycles. The second-order valence-corrected chi connectivity index (χ2v) is 8.70. The van der Waals surface area contributed by atoms with Crippen LogP contribution in [-0.4, -0.2) is 24.9 Å². The highest BCUT2D eigenvalue weighted by Crippen LogP contribution is 2.25. The van der Waals surface area contributed by atoms with Crippen molar-refractivity contribution in [1.82, 2.24) is 5.32 Å². The summed E-state index contributed by atoms with van der Waals surface area (Å²) in [4.78, 5) is 26.8. The van der Waals surface area contributed by atoms with Crippen molar-refractivity contribution in [2.45, 2.75) is 33.6 Å². The zero-order valence-corrected chi connectivity index (χ0v) is 18.0. The minimum atomic E-state index is -0.200. The molecule has 0 saturated carbocycles. The van der Waals surface area contributed by atoms with Crippen LogP contribution in [0.2, 0.25) is 10.0 Å². The lowest BCUT2D eigenvalue weighted by Gasteiger charge is -2.24. The second kappa shape index (κ2) is 9.94. The molecule has 0 bridgehead atoms. The molecule has 2 aromatic rings. The van der Waals surface area contributed by atoms with E-state index in [9.17, 15) is 9.59 Å². The van der Waals surface area contributed by atoms with Gasteiger partial charge in [0.1, 0.15) is 0 Å². The summed E-state index contributed by atoms with van der Waals surface area (Å²) in [5.41, 5.74) is 1.12. The normalized spacial score (nSPS) is 11.2. The Bertz CT molecular complexity index is 817. The van der Waals surface area contributed by atoms with Crippen LogP contribution >= 0.6 is 23.2 Å². The summed E-state index contributed by atoms with van der Waals surface area (Å²) in [5.74, 6) is -0.181. The highest BCUT2D eigenvalue weighted by atomic mass is 35.5. The van der Waals surface area contributed by atoms with Crippen LogP contribution in [0.3, 0.4) is 0 Å². The summed E-state index contributed by atoms with van der Waals surface area (Å²) in [5, 5.41) is 3.72. The first-order valence-corrected chi connectivity index (χ1v) is 10.0. The number of carbonyl (C=O) groups excluding carboxylic acids is 2. The predicted octanol–water partition coefficient (Wildman–Crippen LogP) is 5.58. The van der Waals surface area contributed by atoms with Gasteiger partial charge in [0.25, 0.3) is 5.91 Å². The van der Waals surface area contributed by atoms with Gasteiger partial charge in [-0.25, -0.2) is 0 Å². The average molecular weight is 421 g/mol. The number of anilines is 1. The third kappa shape index (κ3) is 6.84. The van der Waals surface area contributed by atoms with Gasteiger partial charge in [0, 0.05) is 30.2 Å². The van der Waals surface area contributed by atoms with Crippen molar-refractivity contribution in [2.75, 3.05) is 18.0 Å². The molecule has 150 valence electrons. The minimum absolute atomic E-state index is 0.0193. The zero-order chi connectivity index (χ0) is 20.7. The molecule has 0 fully saturated rings. The fraction of sp³-hybridized carbons (Fsp3) is 0.364. The van der Waals surface area contributed by atoms with Gasteiger partial charge in [-0.15, -0.1) is 0 Å².